The van der Waals surface area contributed by atoms with Gasteiger partial charge >= 0.3 is 0 Å². The van der Waals surface area contributed by atoms with Crippen LogP contribution in [0.15, 0.2) is 0 Å². The molecule has 0 aromatic rings. The lowest BCUT2D eigenvalue weighted by molar-refractivity contribution is -0.121. The van der Waals surface area contributed by atoms with Gasteiger partial charge in [0.25, 0.3) is 0 Å². The molecule has 2 N–H and O–H groups in total. The molecule has 0 radical (unpaired) electrons. The SMILES string of the molecule is CC(CCC1CCCCC1)C(N)=O. The lowest BCUT2D eigenvalue weighted by Crippen LogP contribution is -2.21. The van der Waals surface area contributed by atoms with Gasteiger partial charge < -0.3 is 5.73 Å². The van der Waals surface area contributed by atoms with Gasteiger partial charge in [0.2, 0.25) is 5.91 Å². The molecular formula is C11H21NO. The summed E-state index contributed by atoms with van der Waals surface area (Å²) in [6.07, 6.45) is 9.09. The van der Waals surface area contributed by atoms with Crippen LogP contribution in [0.3, 0.4) is 0 Å². The Bertz CT molecular complexity index is 161. The summed E-state index contributed by atoms with van der Waals surface area (Å²) in [6, 6.07) is 0. The van der Waals surface area contributed by atoms with Crippen LogP contribution >= 0.6 is 0 Å². The third-order valence-corrected chi connectivity index (χ3v) is 3.22. The minimum atomic E-state index is -0.143. The maximum absolute atomic E-state index is 10.8. The second kappa shape index (κ2) is 5.25. The van der Waals surface area contributed by atoms with Crippen molar-refractivity contribution in [3.8, 4) is 0 Å². The van der Waals surface area contributed by atoms with E-state index in [-0.39, 0.29) is 11.8 Å². The Morgan fingerprint density at radius 1 is 1.38 bits per heavy atom. The monoisotopic (exact) mass is 183 g/mol. The van der Waals surface area contributed by atoms with Gasteiger partial charge in [0.15, 0.2) is 0 Å². The third-order valence-electron chi connectivity index (χ3n) is 3.22. The Labute approximate surface area is 80.9 Å². The van der Waals surface area contributed by atoms with E-state index >= 15 is 0 Å². The van der Waals surface area contributed by atoms with Gasteiger partial charge in [-0.3, -0.25) is 4.79 Å². The number of amides is 1. The highest BCUT2D eigenvalue weighted by Gasteiger charge is 2.16. The third kappa shape index (κ3) is 3.79. The van der Waals surface area contributed by atoms with Crippen LogP contribution in [0.2, 0.25) is 0 Å². The molecule has 1 atom stereocenters. The number of carbonyl (C=O) groups excluding carboxylic acids is 1. The summed E-state index contributed by atoms with van der Waals surface area (Å²) >= 11 is 0. The first-order chi connectivity index (χ1) is 6.20. The molecule has 1 amide bonds. The number of primary amides is 1. The van der Waals surface area contributed by atoms with Gasteiger partial charge in [0.1, 0.15) is 0 Å². The summed E-state index contributed by atoms with van der Waals surface area (Å²) in [7, 11) is 0. The van der Waals surface area contributed by atoms with E-state index in [0.29, 0.717) is 0 Å². The van der Waals surface area contributed by atoms with Crippen molar-refractivity contribution in [1.82, 2.24) is 0 Å². The van der Waals surface area contributed by atoms with E-state index in [2.05, 4.69) is 0 Å². The van der Waals surface area contributed by atoms with Crippen molar-refractivity contribution in [2.75, 3.05) is 0 Å². The molecule has 0 aromatic heterocycles. The Balaban J connectivity index is 2.13. The van der Waals surface area contributed by atoms with E-state index < -0.39 is 0 Å². The topological polar surface area (TPSA) is 43.1 Å². The molecule has 76 valence electrons. The summed E-state index contributed by atoms with van der Waals surface area (Å²) < 4.78 is 0. The van der Waals surface area contributed by atoms with Crippen LogP contribution in [-0.2, 0) is 4.79 Å². The lowest BCUT2D eigenvalue weighted by atomic mass is 9.84. The van der Waals surface area contributed by atoms with Gasteiger partial charge in [0, 0.05) is 5.92 Å². The lowest BCUT2D eigenvalue weighted by Gasteiger charge is -2.22. The smallest absolute Gasteiger partial charge is 0.220 e. The van der Waals surface area contributed by atoms with Gasteiger partial charge in [-0.2, -0.15) is 0 Å². The van der Waals surface area contributed by atoms with Crippen molar-refractivity contribution in [1.29, 1.82) is 0 Å². The molecule has 1 aliphatic carbocycles. The fourth-order valence-corrected chi connectivity index (χ4v) is 2.10. The van der Waals surface area contributed by atoms with Crippen LogP contribution in [0.25, 0.3) is 0 Å². The van der Waals surface area contributed by atoms with Crippen LogP contribution in [0.1, 0.15) is 51.9 Å². The van der Waals surface area contributed by atoms with Crippen molar-refractivity contribution in [3.05, 3.63) is 0 Å². The molecule has 0 saturated heterocycles. The fraction of sp³-hybridized carbons (Fsp3) is 0.909. The number of hydrogen-bond donors (Lipinski definition) is 1. The highest BCUT2D eigenvalue weighted by molar-refractivity contribution is 5.76. The standard InChI is InChI=1S/C11H21NO/c1-9(11(12)13)7-8-10-5-3-2-4-6-10/h9-10H,2-8H2,1H3,(H2,12,13). The summed E-state index contributed by atoms with van der Waals surface area (Å²) in [4.78, 5) is 10.8. The molecule has 0 bridgehead atoms. The molecule has 0 spiro atoms. The minimum absolute atomic E-state index is 0.0712. The number of hydrogen-bond acceptors (Lipinski definition) is 1. The predicted octanol–water partition coefficient (Wildman–Crippen LogP) is 2.47. The molecule has 1 rings (SSSR count). The van der Waals surface area contributed by atoms with E-state index in [0.717, 1.165) is 12.3 Å². The molecular weight excluding hydrogens is 162 g/mol. The second-order valence-corrected chi connectivity index (χ2v) is 4.38. The van der Waals surface area contributed by atoms with E-state index in [1.807, 2.05) is 6.92 Å². The summed E-state index contributed by atoms with van der Waals surface area (Å²) in [5, 5.41) is 0. The van der Waals surface area contributed by atoms with Crippen LogP contribution in [0.5, 0.6) is 0 Å². The normalized spacial score (nSPS) is 21.3. The van der Waals surface area contributed by atoms with Crippen molar-refractivity contribution < 1.29 is 4.79 Å². The summed E-state index contributed by atoms with van der Waals surface area (Å²) in [5.41, 5.74) is 5.21. The van der Waals surface area contributed by atoms with Crippen molar-refractivity contribution in [2.45, 2.75) is 51.9 Å². The van der Waals surface area contributed by atoms with Gasteiger partial charge in [-0.15, -0.1) is 0 Å². The first-order valence-corrected chi connectivity index (χ1v) is 5.49. The molecule has 13 heavy (non-hydrogen) atoms. The van der Waals surface area contributed by atoms with Crippen LogP contribution in [0, 0.1) is 11.8 Å². The van der Waals surface area contributed by atoms with E-state index in [1.165, 1.54) is 38.5 Å². The first kappa shape index (κ1) is 10.6. The Morgan fingerprint density at radius 3 is 2.54 bits per heavy atom. The van der Waals surface area contributed by atoms with Crippen molar-refractivity contribution in [2.24, 2.45) is 17.6 Å². The average molecular weight is 183 g/mol. The highest BCUT2D eigenvalue weighted by atomic mass is 16.1. The molecule has 2 nitrogen and oxygen atoms in total. The van der Waals surface area contributed by atoms with Gasteiger partial charge in [0.05, 0.1) is 0 Å². The Morgan fingerprint density at radius 2 is 2.00 bits per heavy atom. The van der Waals surface area contributed by atoms with Gasteiger partial charge in [-0.05, 0) is 18.8 Å². The molecule has 2 heteroatoms. The largest absolute Gasteiger partial charge is 0.369 e. The van der Waals surface area contributed by atoms with Crippen LogP contribution in [0.4, 0.5) is 0 Å². The van der Waals surface area contributed by atoms with Crippen LogP contribution < -0.4 is 5.73 Å². The molecule has 1 aliphatic rings. The zero-order valence-electron chi connectivity index (χ0n) is 8.59. The molecule has 0 aromatic carbocycles. The number of nitrogens with two attached hydrogens (primary N) is 1. The van der Waals surface area contributed by atoms with Gasteiger partial charge in [-0.25, -0.2) is 0 Å². The molecule has 1 fully saturated rings. The zero-order chi connectivity index (χ0) is 9.68. The minimum Gasteiger partial charge on any atom is -0.369 e. The van der Waals surface area contributed by atoms with Crippen LogP contribution in [-0.4, -0.2) is 5.91 Å². The quantitative estimate of drug-likeness (QED) is 0.714. The van der Waals surface area contributed by atoms with E-state index in [4.69, 9.17) is 5.73 Å². The highest BCUT2D eigenvalue weighted by Crippen LogP contribution is 2.28. The summed E-state index contributed by atoms with van der Waals surface area (Å²) in [5.74, 6) is 0.799. The summed E-state index contributed by atoms with van der Waals surface area (Å²) in [6.45, 7) is 1.94. The number of rotatable bonds is 4. The Hall–Kier alpha value is -0.530. The first-order valence-electron chi connectivity index (χ1n) is 5.49. The maximum atomic E-state index is 10.8. The van der Waals surface area contributed by atoms with Gasteiger partial charge in [-0.1, -0.05) is 39.0 Å². The molecule has 1 saturated carbocycles. The molecule has 0 aliphatic heterocycles. The Kier molecular flexibility index (Phi) is 4.26. The second-order valence-electron chi connectivity index (χ2n) is 4.38. The van der Waals surface area contributed by atoms with E-state index in [1.54, 1.807) is 0 Å². The zero-order valence-corrected chi connectivity index (χ0v) is 8.59. The molecule has 1 unspecified atom stereocenters. The fourth-order valence-electron chi connectivity index (χ4n) is 2.10. The predicted molar refractivity (Wildman–Crippen MR) is 54.2 cm³/mol. The number of carbonyl (C=O) groups is 1. The molecule has 0 heterocycles. The van der Waals surface area contributed by atoms with Crippen molar-refractivity contribution in [3.63, 3.8) is 0 Å². The maximum Gasteiger partial charge on any atom is 0.220 e. The van der Waals surface area contributed by atoms with E-state index in [9.17, 15) is 4.79 Å². The average Bonchev–Trinajstić information content (AvgIpc) is 2.15. The van der Waals surface area contributed by atoms with Crippen molar-refractivity contribution >= 4 is 5.91 Å².